The molecule has 6 heteroatoms. The quantitative estimate of drug-likeness (QED) is 0.683. The highest BCUT2D eigenvalue weighted by molar-refractivity contribution is 5.78. The van der Waals surface area contributed by atoms with E-state index in [0.717, 1.165) is 12.2 Å². The smallest absolute Gasteiger partial charge is 0.242 e. The fourth-order valence-electron chi connectivity index (χ4n) is 1.32. The first-order valence-corrected chi connectivity index (χ1v) is 5.09. The van der Waals surface area contributed by atoms with E-state index in [1.807, 2.05) is 13.8 Å². The largest absolute Gasteiger partial charge is 0.368 e. The Hall–Kier alpha value is -1.43. The van der Waals surface area contributed by atoms with Gasteiger partial charge in [-0.15, -0.1) is 5.10 Å². The molecule has 1 rings (SSSR count). The van der Waals surface area contributed by atoms with Gasteiger partial charge in [-0.3, -0.25) is 4.79 Å². The minimum Gasteiger partial charge on any atom is -0.368 e. The number of nitrogens with one attached hydrogen (secondary N) is 1. The highest BCUT2D eigenvalue weighted by Gasteiger charge is 2.16. The van der Waals surface area contributed by atoms with Crippen LogP contribution in [0.15, 0.2) is 6.20 Å². The number of aromatic nitrogens is 3. The second kappa shape index (κ2) is 5.45. The first-order valence-electron chi connectivity index (χ1n) is 5.09. The van der Waals surface area contributed by atoms with Crippen molar-refractivity contribution in [2.45, 2.75) is 32.9 Å². The van der Waals surface area contributed by atoms with Crippen molar-refractivity contribution >= 4 is 5.91 Å². The molecule has 0 bridgehead atoms. The summed E-state index contributed by atoms with van der Waals surface area (Å²) in [6, 6.07) is -0.395. The van der Waals surface area contributed by atoms with E-state index in [1.165, 1.54) is 4.68 Å². The Bertz CT molecular complexity index is 322. The zero-order valence-corrected chi connectivity index (χ0v) is 9.10. The van der Waals surface area contributed by atoms with Crippen molar-refractivity contribution in [3.63, 3.8) is 0 Å². The molecule has 0 spiro atoms. The van der Waals surface area contributed by atoms with Gasteiger partial charge in [-0.05, 0) is 13.0 Å². The molecule has 0 aromatic carbocycles. The lowest BCUT2D eigenvalue weighted by Gasteiger charge is -2.09. The number of nitrogens with zero attached hydrogens (tertiary/aromatic N) is 3. The summed E-state index contributed by atoms with van der Waals surface area (Å²) >= 11 is 0. The van der Waals surface area contributed by atoms with Gasteiger partial charge in [0.05, 0.1) is 11.9 Å². The lowest BCUT2D eigenvalue weighted by atomic mass is 10.2. The van der Waals surface area contributed by atoms with Crippen molar-refractivity contribution in [2.75, 3.05) is 6.54 Å². The summed E-state index contributed by atoms with van der Waals surface area (Å²) in [5, 5.41) is 11.0. The molecule has 0 aliphatic carbocycles. The molecule has 0 aliphatic heterocycles. The minimum atomic E-state index is -0.395. The summed E-state index contributed by atoms with van der Waals surface area (Å²) in [6.45, 7) is 5.44. The summed E-state index contributed by atoms with van der Waals surface area (Å²) in [6.07, 6.45) is 2.38. The third-order valence-electron chi connectivity index (χ3n) is 2.15. The fraction of sp³-hybridized carbons (Fsp3) is 0.667. The predicted molar refractivity (Wildman–Crippen MR) is 55.9 cm³/mol. The molecule has 0 fully saturated rings. The summed E-state index contributed by atoms with van der Waals surface area (Å²) in [7, 11) is 0. The average molecular weight is 211 g/mol. The molecule has 1 aromatic rings. The van der Waals surface area contributed by atoms with Gasteiger partial charge >= 0.3 is 0 Å². The Kier molecular flexibility index (Phi) is 4.23. The maximum absolute atomic E-state index is 11.1. The van der Waals surface area contributed by atoms with Gasteiger partial charge in [0, 0.05) is 6.54 Å². The normalized spacial score (nSPS) is 12.7. The van der Waals surface area contributed by atoms with Crippen molar-refractivity contribution < 1.29 is 4.79 Å². The lowest BCUT2D eigenvalue weighted by molar-refractivity contribution is -0.121. The van der Waals surface area contributed by atoms with E-state index >= 15 is 0 Å². The lowest BCUT2D eigenvalue weighted by Crippen LogP contribution is -2.26. The molecule has 1 aromatic heterocycles. The number of hydrogen-bond acceptors (Lipinski definition) is 4. The third-order valence-corrected chi connectivity index (χ3v) is 2.15. The molecule has 0 radical (unpaired) electrons. The van der Waals surface area contributed by atoms with Crippen molar-refractivity contribution in [1.82, 2.24) is 20.3 Å². The number of nitrogens with two attached hydrogens (primary N) is 1. The molecular weight excluding hydrogens is 194 g/mol. The Morgan fingerprint density at radius 3 is 2.93 bits per heavy atom. The number of carbonyl (C=O) groups is 1. The van der Waals surface area contributed by atoms with Crippen LogP contribution >= 0.6 is 0 Å². The molecule has 1 unspecified atom stereocenters. The van der Waals surface area contributed by atoms with Crippen LogP contribution in [0.25, 0.3) is 0 Å². The maximum atomic E-state index is 11.1. The molecule has 0 saturated heterocycles. The second-order valence-electron chi connectivity index (χ2n) is 3.30. The van der Waals surface area contributed by atoms with Crippen molar-refractivity contribution in [2.24, 2.45) is 5.73 Å². The fourth-order valence-corrected chi connectivity index (χ4v) is 1.32. The molecule has 0 aliphatic rings. The summed E-state index contributed by atoms with van der Waals surface area (Å²) < 4.78 is 1.52. The van der Waals surface area contributed by atoms with Crippen LogP contribution in [0, 0.1) is 0 Å². The summed E-state index contributed by atoms with van der Waals surface area (Å²) in [5.41, 5.74) is 6.06. The first-order chi connectivity index (χ1) is 7.19. The first kappa shape index (κ1) is 11.6. The highest BCUT2D eigenvalue weighted by Crippen LogP contribution is 2.08. The van der Waals surface area contributed by atoms with Crippen molar-refractivity contribution in [1.29, 1.82) is 0 Å². The summed E-state index contributed by atoms with van der Waals surface area (Å²) in [5.74, 6) is -0.377. The number of primary amides is 1. The Balaban J connectivity index is 2.69. The van der Waals surface area contributed by atoms with Gasteiger partial charge in [0.2, 0.25) is 5.91 Å². The van der Waals surface area contributed by atoms with E-state index < -0.39 is 6.04 Å². The van der Waals surface area contributed by atoms with Crippen LogP contribution in [-0.4, -0.2) is 27.4 Å². The molecule has 84 valence electrons. The number of carbonyl (C=O) groups excluding carboxylic acids is 1. The van der Waals surface area contributed by atoms with Gasteiger partial charge in [0.15, 0.2) is 0 Å². The monoisotopic (exact) mass is 211 g/mol. The van der Waals surface area contributed by atoms with Gasteiger partial charge in [0.1, 0.15) is 6.04 Å². The number of amides is 1. The van der Waals surface area contributed by atoms with Crippen molar-refractivity contribution in [3.05, 3.63) is 11.9 Å². The van der Waals surface area contributed by atoms with E-state index in [1.54, 1.807) is 6.20 Å². The Morgan fingerprint density at radius 2 is 2.40 bits per heavy atom. The zero-order chi connectivity index (χ0) is 11.3. The van der Waals surface area contributed by atoms with Crippen LogP contribution in [0.1, 0.15) is 32.0 Å². The minimum absolute atomic E-state index is 0.377. The van der Waals surface area contributed by atoms with Crippen LogP contribution in [-0.2, 0) is 11.3 Å². The summed E-state index contributed by atoms with van der Waals surface area (Å²) in [4.78, 5) is 11.1. The van der Waals surface area contributed by atoms with Gasteiger partial charge in [-0.1, -0.05) is 19.1 Å². The Morgan fingerprint density at radius 1 is 1.67 bits per heavy atom. The molecule has 1 heterocycles. The van der Waals surface area contributed by atoms with Crippen LogP contribution in [0.2, 0.25) is 0 Å². The topological polar surface area (TPSA) is 85.8 Å². The number of hydrogen-bond donors (Lipinski definition) is 2. The molecular formula is C9H17N5O. The third kappa shape index (κ3) is 3.02. The molecule has 1 amide bonds. The molecule has 1 atom stereocenters. The van der Waals surface area contributed by atoms with E-state index in [9.17, 15) is 4.79 Å². The standard InChI is InChI=1S/C9H17N5O/c1-3-8(9(10)15)14-6-7(12-13-14)5-11-4-2/h6,8,11H,3-5H2,1-2H3,(H2,10,15). The van der Waals surface area contributed by atoms with Gasteiger partial charge in [-0.2, -0.15) is 0 Å². The van der Waals surface area contributed by atoms with E-state index in [-0.39, 0.29) is 5.91 Å². The zero-order valence-electron chi connectivity index (χ0n) is 9.10. The van der Waals surface area contributed by atoms with E-state index in [4.69, 9.17) is 5.73 Å². The molecule has 15 heavy (non-hydrogen) atoms. The van der Waals surface area contributed by atoms with Gasteiger partial charge in [-0.25, -0.2) is 4.68 Å². The van der Waals surface area contributed by atoms with Gasteiger partial charge < -0.3 is 11.1 Å². The predicted octanol–water partition coefficient (Wildman–Crippen LogP) is -0.176. The molecule has 3 N–H and O–H groups in total. The number of rotatable bonds is 6. The van der Waals surface area contributed by atoms with Gasteiger partial charge in [0.25, 0.3) is 0 Å². The van der Waals surface area contributed by atoms with Crippen LogP contribution in [0.3, 0.4) is 0 Å². The van der Waals surface area contributed by atoms with Crippen LogP contribution < -0.4 is 11.1 Å². The average Bonchev–Trinajstić information content (AvgIpc) is 2.64. The van der Waals surface area contributed by atoms with Crippen molar-refractivity contribution in [3.8, 4) is 0 Å². The molecule has 6 nitrogen and oxygen atoms in total. The second-order valence-corrected chi connectivity index (χ2v) is 3.30. The van der Waals surface area contributed by atoms with E-state index in [0.29, 0.717) is 13.0 Å². The van der Waals surface area contributed by atoms with Crippen LogP contribution in [0.4, 0.5) is 0 Å². The van der Waals surface area contributed by atoms with E-state index in [2.05, 4.69) is 15.6 Å². The maximum Gasteiger partial charge on any atom is 0.242 e. The van der Waals surface area contributed by atoms with Crippen LogP contribution in [0.5, 0.6) is 0 Å². The highest BCUT2D eigenvalue weighted by atomic mass is 16.1. The Labute approximate surface area is 88.8 Å². The SMILES string of the molecule is CCNCc1cn(C(CC)C(N)=O)nn1. The molecule has 0 saturated carbocycles.